The number of aromatic nitrogens is 1. The fourth-order valence-electron chi connectivity index (χ4n) is 8.02. The van der Waals surface area contributed by atoms with Crippen LogP contribution < -0.4 is 15.1 Å². The van der Waals surface area contributed by atoms with Crippen LogP contribution in [0.4, 0.5) is 15.8 Å². The summed E-state index contributed by atoms with van der Waals surface area (Å²) in [7, 11) is 0. The Bertz CT molecular complexity index is 1930. The van der Waals surface area contributed by atoms with Crippen molar-refractivity contribution in [1.29, 1.82) is 0 Å². The quantitative estimate of drug-likeness (QED) is 0.238. The lowest BCUT2D eigenvalue weighted by Gasteiger charge is -2.43. The van der Waals surface area contributed by atoms with E-state index in [0.717, 1.165) is 28.2 Å². The second-order valence-electron chi connectivity index (χ2n) is 12.0. The summed E-state index contributed by atoms with van der Waals surface area (Å²) in [6, 6.07) is 19.7. The molecule has 7 atom stereocenters. The molecule has 3 fully saturated rings. The molecule has 0 spiro atoms. The number of imide groups is 1. The Morgan fingerprint density at radius 2 is 1.49 bits per heavy atom. The van der Waals surface area contributed by atoms with Gasteiger partial charge in [-0.25, -0.2) is 4.39 Å². The van der Waals surface area contributed by atoms with Gasteiger partial charge in [-0.2, -0.15) is 0 Å². The summed E-state index contributed by atoms with van der Waals surface area (Å²) in [6.07, 6.45) is 0.720. The largest absolute Gasteiger partial charge is 0.325 e. The highest BCUT2D eigenvalue weighted by molar-refractivity contribution is 8.00. The molecule has 2 aliphatic carbocycles. The predicted octanol–water partition coefficient (Wildman–Crippen LogP) is 6.67. The van der Waals surface area contributed by atoms with Crippen molar-refractivity contribution in [2.24, 2.45) is 29.6 Å². The van der Waals surface area contributed by atoms with Crippen molar-refractivity contribution in [3.05, 3.63) is 109 Å². The minimum atomic E-state index is -0.464. The first-order valence-electron chi connectivity index (χ1n) is 14.5. The van der Waals surface area contributed by atoms with Crippen LogP contribution in [0.2, 0.25) is 10.0 Å². The molecule has 2 aliphatic heterocycles. The molecule has 2 bridgehead atoms. The second kappa shape index (κ2) is 10.8. The Hall–Kier alpha value is -3.44. The van der Waals surface area contributed by atoms with Gasteiger partial charge in [0.1, 0.15) is 12.4 Å². The monoisotopic (exact) mass is 679 g/mol. The summed E-state index contributed by atoms with van der Waals surface area (Å²) in [5.41, 5.74) is 1.92. The third-order valence-corrected chi connectivity index (χ3v) is 13.0. The van der Waals surface area contributed by atoms with Crippen molar-refractivity contribution in [3.8, 4) is 0 Å². The number of nitrogens with zero attached hydrogens (tertiary/aromatic N) is 2. The Labute approximate surface area is 275 Å². The zero-order valence-electron chi connectivity index (χ0n) is 23.4. The third-order valence-electron chi connectivity index (χ3n) is 9.69. The first kappa shape index (κ1) is 29.0. The fraction of sp³-hybridized carbons (Fsp3) is 0.273. The van der Waals surface area contributed by atoms with Gasteiger partial charge in [0.2, 0.25) is 17.7 Å². The summed E-state index contributed by atoms with van der Waals surface area (Å²) < 4.78 is 15.6. The van der Waals surface area contributed by atoms with Crippen LogP contribution in [-0.2, 0) is 20.9 Å². The average Bonchev–Trinajstić information content (AvgIpc) is 3.74. The van der Waals surface area contributed by atoms with Gasteiger partial charge in [0.25, 0.3) is 0 Å². The van der Waals surface area contributed by atoms with E-state index < -0.39 is 11.8 Å². The Morgan fingerprint density at radius 3 is 2.16 bits per heavy atom. The Balaban J connectivity index is 1.17. The molecule has 3 heterocycles. The second-order valence-corrected chi connectivity index (χ2v) is 15.0. The molecule has 1 aromatic heterocycles. The summed E-state index contributed by atoms with van der Waals surface area (Å²) in [4.78, 5) is 56.3. The normalized spacial score (nSPS) is 27.8. The number of hydrogen-bond donors (Lipinski definition) is 1. The lowest BCUT2D eigenvalue weighted by atomic mass is 9.68. The number of anilines is 2. The van der Waals surface area contributed by atoms with E-state index >= 15 is 0 Å². The van der Waals surface area contributed by atoms with Crippen LogP contribution in [0.1, 0.15) is 22.8 Å². The van der Waals surface area contributed by atoms with Crippen molar-refractivity contribution in [2.45, 2.75) is 29.2 Å². The number of thiazole rings is 1. The Morgan fingerprint density at radius 1 is 0.867 bits per heavy atom. The van der Waals surface area contributed by atoms with Gasteiger partial charge in [-0.1, -0.05) is 46.7 Å². The van der Waals surface area contributed by atoms with Crippen LogP contribution in [0.15, 0.2) is 82.6 Å². The van der Waals surface area contributed by atoms with Gasteiger partial charge >= 0.3 is 4.87 Å². The van der Waals surface area contributed by atoms with Gasteiger partial charge in [-0.15, -0.1) is 11.8 Å². The van der Waals surface area contributed by atoms with E-state index in [0.29, 0.717) is 26.4 Å². The minimum absolute atomic E-state index is 0.0458. The molecule has 3 aromatic carbocycles. The van der Waals surface area contributed by atoms with E-state index in [9.17, 15) is 23.6 Å². The standard InChI is InChI=1S/C33H24Cl2FN3O4S2/c34-16-3-9-19(10-4-16)37-23(40)14-38-32-29(45-33(38)43)24(15-1-7-18(36)8-2-15)25-21-13-22(28(25)44-32)27-26(21)30(41)39(31(27)42)20-11-5-17(35)6-12-20/h1-12,21-22,24-28H,13-14H2,(H,37,40)/t21-,22+,24-,25+,26+,27+,28-/m0/s1. The lowest BCUT2D eigenvalue weighted by Crippen LogP contribution is -2.43. The van der Waals surface area contributed by atoms with Gasteiger partial charge in [0.05, 0.1) is 22.5 Å². The molecule has 2 saturated carbocycles. The van der Waals surface area contributed by atoms with E-state index in [1.165, 1.54) is 21.6 Å². The zero-order valence-corrected chi connectivity index (χ0v) is 26.5. The lowest BCUT2D eigenvalue weighted by molar-refractivity contribution is -0.123. The molecule has 7 nitrogen and oxygen atoms in total. The molecular formula is C33H24Cl2FN3O4S2. The molecule has 0 unspecified atom stereocenters. The van der Waals surface area contributed by atoms with Gasteiger partial charge in [0, 0.05) is 31.8 Å². The van der Waals surface area contributed by atoms with Gasteiger partial charge < -0.3 is 5.32 Å². The molecule has 8 rings (SSSR count). The third kappa shape index (κ3) is 4.60. The number of fused-ring (bicyclic) bond motifs is 9. The van der Waals surface area contributed by atoms with Gasteiger partial charge in [-0.05, 0) is 90.4 Å². The number of benzene rings is 3. The number of carbonyl (C=O) groups excluding carboxylic acids is 3. The van der Waals surface area contributed by atoms with Crippen LogP contribution in [0.5, 0.6) is 0 Å². The first-order valence-corrected chi connectivity index (χ1v) is 17.0. The number of carbonyl (C=O) groups is 3. The maximum Gasteiger partial charge on any atom is 0.308 e. The highest BCUT2D eigenvalue weighted by Gasteiger charge is 2.69. The molecule has 1 saturated heterocycles. The number of hydrogen-bond acceptors (Lipinski definition) is 6. The van der Waals surface area contributed by atoms with Gasteiger partial charge in [-0.3, -0.25) is 28.6 Å². The van der Waals surface area contributed by atoms with Crippen molar-refractivity contribution >= 4 is 75.4 Å². The number of nitrogens with one attached hydrogen (secondary N) is 1. The molecule has 45 heavy (non-hydrogen) atoms. The zero-order chi connectivity index (χ0) is 31.1. The minimum Gasteiger partial charge on any atom is -0.325 e. The van der Waals surface area contributed by atoms with E-state index in [1.54, 1.807) is 72.4 Å². The topological polar surface area (TPSA) is 88.5 Å². The van der Waals surface area contributed by atoms with E-state index in [1.807, 2.05) is 0 Å². The van der Waals surface area contributed by atoms with Crippen molar-refractivity contribution < 1.29 is 18.8 Å². The average molecular weight is 681 g/mol. The molecule has 12 heteroatoms. The maximum atomic E-state index is 14.1. The van der Waals surface area contributed by atoms with Crippen LogP contribution in [0.25, 0.3) is 0 Å². The van der Waals surface area contributed by atoms with Crippen LogP contribution in [0.3, 0.4) is 0 Å². The Kier molecular flexibility index (Phi) is 6.98. The van der Waals surface area contributed by atoms with Crippen molar-refractivity contribution in [1.82, 2.24) is 4.57 Å². The molecule has 0 radical (unpaired) electrons. The van der Waals surface area contributed by atoms with Crippen LogP contribution >= 0.6 is 46.3 Å². The molecule has 228 valence electrons. The van der Waals surface area contributed by atoms with Crippen molar-refractivity contribution in [3.63, 3.8) is 0 Å². The van der Waals surface area contributed by atoms with E-state index in [-0.39, 0.29) is 63.9 Å². The van der Waals surface area contributed by atoms with E-state index in [2.05, 4.69) is 5.32 Å². The fourth-order valence-corrected chi connectivity index (χ4v) is 11.4. The highest BCUT2D eigenvalue weighted by atomic mass is 35.5. The number of amides is 3. The van der Waals surface area contributed by atoms with E-state index in [4.69, 9.17) is 23.2 Å². The summed E-state index contributed by atoms with van der Waals surface area (Å²) in [5.74, 6) is -2.56. The summed E-state index contributed by atoms with van der Waals surface area (Å²) in [6.45, 7) is -0.185. The molecule has 4 aliphatic rings. The molecule has 3 amide bonds. The number of halogens is 3. The van der Waals surface area contributed by atoms with Gasteiger partial charge in [0.15, 0.2) is 0 Å². The smallest absolute Gasteiger partial charge is 0.308 e. The van der Waals surface area contributed by atoms with Crippen molar-refractivity contribution in [2.75, 3.05) is 10.2 Å². The maximum absolute atomic E-state index is 14.1. The predicted molar refractivity (Wildman–Crippen MR) is 173 cm³/mol. The summed E-state index contributed by atoms with van der Waals surface area (Å²) >= 11 is 14.7. The van der Waals surface area contributed by atoms with Crippen LogP contribution in [0, 0.1) is 35.4 Å². The molecule has 1 N–H and O–H groups in total. The highest BCUT2D eigenvalue weighted by Crippen LogP contribution is 2.69. The van der Waals surface area contributed by atoms with Crippen LogP contribution in [-0.4, -0.2) is 27.5 Å². The molecular weight excluding hydrogens is 656 g/mol. The summed E-state index contributed by atoms with van der Waals surface area (Å²) in [5, 5.41) is 4.51. The first-order chi connectivity index (χ1) is 21.7. The number of rotatable bonds is 5. The SMILES string of the molecule is O=C(Cn1c2c(sc1=O)[C@@H](c1ccc(F)cc1)[C@H]1[C@@H]3C[C@@H]([C@@H]1S2)[C@H]1C(=O)N(c2ccc(Cl)cc2)C(=O)[C@H]31)Nc1ccc(Cl)cc1. The number of thioether (sulfide) groups is 1. The molecule has 4 aromatic rings.